The minimum Gasteiger partial charge on any atom is -0.493 e. The SMILES string of the molecule is COc1ccc(Nc2cccc(NC3CCC3)n2)cc1OCCCN1CCCC1. The monoisotopic (exact) mass is 396 g/mol. The number of hydrogen-bond donors (Lipinski definition) is 2. The van der Waals surface area contributed by atoms with Crippen molar-refractivity contribution in [1.82, 2.24) is 9.88 Å². The first-order valence-electron chi connectivity index (χ1n) is 10.8. The van der Waals surface area contributed by atoms with Crippen LogP contribution >= 0.6 is 0 Å². The summed E-state index contributed by atoms with van der Waals surface area (Å²) in [7, 11) is 1.68. The Labute approximate surface area is 173 Å². The molecule has 1 aromatic heterocycles. The van der Waals surface area contributed by atoms with Crippen molar-refractivity contribution in [2.24, 2.45) is 0 Å². The maximum Gasteiger partial charge on any atom is 0.163 e. The average molecular weight is 397 g/mol. The van der Waals surface area contributed by atoms with Crippen LogP contribution in [0.4, 0.5) is 17.3 Å². The number of nitrogens with one attached hydrogen (secondary N) is 2. The molecule has 0 spiro atoms. The first-order chi connectivity index (χ1) is 14.3. The Morgan fingerprint density at radius 2 is 1.86 bits per heavy atom. The number of likely N-dealkylation sites (tertiary alicyclic amines) is 1. The van der Waals surface area contributed by atoms with Crippen molar-refractivity contribution in [2.75, 3.05) is 44.0 Å². The van der Waals surface area contributed by atoms with E-state index < -0.39 is 0 Å². The number of nitrogens with zero attached hydrogens (tertiary/aromatic N) is 2. The number of methoxy groups -OCH3 is 1. The number of benzene rings is 1. The van der Waals surface area contributed by atoms with E-state index in [-0.39, 0.29) is 0 Å². The third-order valence-corrected chi connectivity index (χ3v) is 5.72. The molecule has 2 aromatic rings. The van der Waals surface area contributed by atoms with E-state index in [1.807, 2.05) is 36.4 Å². The molecule has 1 saturated carbocycles. The van der Waals surface area contributed by atoms with Crippen LogP contribution in [0, 0.1) is 0 Å². The molecule has 0 bridgehead atoms. The number of hydrogen-bond acceptors (Lipinski definition) is 6. The van der Waals surface area contributed by atoms with Crippen LogP contribution in [0.25, 0.3) is 0 Å². The Morgan fingerprint density at radius 1 is 1.03 bits per heavy atom. The van der Waals surface area contributed by atoms with Gasteiger partial charge in [0.15, 0.2) is 11.5 Å². The molecule has 0 atom stereocenters. The second-order valence-corrected chi connectivity index (χ2v) is 7.92. The number of aromatic nitrogens is 1. The third kappa shape index (κ3) is 5.54. The number of anilines is 3. The van der Waals surface area contributed by atoms with Crippen LogP contribution in [0.15, 0.2) is 36.4 Å². The van der Waals surface area contributed by atoms with Crippen molar-refractivity contribution in [2.45, 2.75) is 44.6 Å². The van der Waals surface area contributed by atoms with Gasteiger partial charge in [0.2, 0.25) is 0 Å². The number of ether oxygens (including phenoxy) is 2. The summed E-state index contributed by atoms with van der Waals surface area (Å²) in [6.07, 6.45) is 7.45. The third-order valence-electron chi connectivity index (χ3n) is 5.72. The van der Waals surface area contributed by atoms with Gasteiger partial charge >= 0.3 is 0 Å². The molecule has 0 unspecified atom stereocenters. The van der Waals surface area contributed by atoms with E-state index >= 15 is 0 Å². The Hall–Kier alpha value is -2.47. The van der Waals surface area contributed by atoms with Crippen LogP contribution in [-0.4, -0.2) is 49.3 Å². The predicted octanol–water partition coefficient (Wildman–Crippen LogP) is 4.66. The highest BCUT2D eigenvalue weighted by molar-refractivity contribution is 5.62. The highest BCUT2D eigenvalue weighted by atomic mass is 16.5. The first-order valence-corrected chi connectivity index (χ1v) is 10.8. The Bertz CT molecular complexity index is 788. The van der Waals surface area contributed by atoms with Gasteiger partial charge in [0.1, 0.15) is 11.6 Å². The average Bonchev–Trinajstić information content (AvgIpc) is 3.22. The van der Waals surface area contributed by atoms with E-state index in [0.717, 1.165) is 41.8 Å². The molecule has 4 rings (SSSR count). The highest BCUT2D eigenvalue weighted by Gasteiger charge is 2.17. The van der Waals surface area contributed by atoms with Crippen molar-refractivity contribution in [3.05, 3.63) is 36.4 Å². The molecule has 156 valence electrons. The molecule has 2 N–H and O–H groups in total. The molecular formula is C23H32N4O2. The van der Waals surface area contributed by atoms with Crippen molar-refractivity contribution < 1.29 is 9.47 Å². The van der Waals surface area contributed by atoms with Gasteiger partial charge in [-0.15, -0.1) is 0 Å². The minimum atomic E-state index is 0.569. The Kier molecular flexibility index (Phi) is 6.72. The maximum atomic E-state index is 6.04. The van der Waals surface area contributed by atoms with Gasteiger partial charge in [0, 0.05) is 24.3 Å². The Morgan fingerprint density at radius 3 is 2.62 bits per heavy atom. The summed E-state index contributed by atoms with van der Waals surface area (Å²) in [5.41, 5.74) is 0.939. The molecule has 2 heterocycles. The second kappa shape index (κ2) is 9.83. The summed E-state index contributed by atoms with van der Waals surface area (Å²) in [4.78, 5) is 7.19. The summed E-state index contributed by atoms with van der Waals surface area (Å²) in [6, 6.07) is 12.5. The first kappa shape index (κ1) is 19.8. The minimum absolute atomic E-state index is 0.569. The smallest absolute Gasteiger partial charge is 0.163 e. The van der Waals surface area contributed by atoms with Crippen molar-refractivity contribution in [3.63, 3.8) is 0 Å². The molecule has 6 heteroatoms. The van der Waals surface area contributed by atoms with Gasteiger partial charge in [-0.25, -0.2) is 4.98 Å². The summed E-state index contributed by atoms with van der Waals surface area (Å²) in [5, 5.41) is 6.88. The summed E-state index contributed by atoms with van der Waals surface area (Å²) in [5.74, 6) is 3.26. The van der Waals surface area contributed by atoms with Crippen molar-refractivity contribution in [1.29, 1.82) is 0 Å². The van der Waals surface area contributed by atoms with Crippen LogP contribution in [-0.2, 0) is 0 Å². The highest BCUT2D eigenvalue weighted by Crippen LogP contribution is 2.32. The lowest BCUT2D eigenvalue weighted by Gasteiger charge is -2.27. The fourth-order valence-electron chi connectivity index (χ4n) is 3.84. The van der Waals surface area contributed by atoms with Crippen LogP contribution in [0.2, 0.25) is 0 Å². The Balaban J connectivity index is 1.34. The van der Waals surface area contributed by atoms with Crippen LogP contribution in [0.1, 0.15) is 38.5 Å². The molecule has 0 amide bonds. The topological polar surface area (TPSA) is 58.6 Å². The zero-order valence-electron chi connectivity index (χ0n) is 17.3. The molecule has 1 aliphatic heterocycles. The maximum absolute atomic E-state index is 6.04. The molecule has 29 heavy (non-hydrogen) atoms. The lowest BCUT2D eigenvalue weighted by molar-refractivity contribution is 0.254. The van der Waals surface area contributed by atoms with Gasteiger partial charge in [-0.2, -0.15) is 0 Å². The van der Waals surface area contributed by atoms with Crippen LogP contribution in [0.3, 0.4) is 0 Å². The molecule has 2 aliphatic rings. The van der Waals surface area contributed by atoms with E-state index in [2.05, 4.69) is 20.5 Å². The zero-order valence-corrected chi connectivity index (χ0v) is 17.3. The second-order valence-electron chi connectivity index (χ2n) is 7.92. The molecule has 1 aliphatic carbocycles. The number of pyridine rings is 1. The van der Waals surface area contributed by atoms with E-state index in [9.17, 15) is 0 Å². The number of rotatable bonds is 10. The summed E-state index contributed by atoms with van der Waals surface area (Å²) in [6.45, 7) is 4.25. The van der Waals surface area contributed by atoms with Gasteiger partial charge in [-0.1, -0.05) is 6.07 Å². The van der Waals surface area contributed by atoms with Gasteiger partial charge in [-0.3, -0.25) is 0 Å². The molecule has 0 radical (unpaired) electrons. The van der Waals surface area contributed by atoms with Gasteiger partial charge in [0.05, 0.1) is 13.7 Å². The van der Waals surface area contributed by atoms with E-state index in [1.54, 1.807) is 7.11 Å². The van der Waals surface area contributed by atoms with Gasteiger partial charge in [-0.05, 0) is 75.9 Å². The van der Waals surface area contributed by atoms with E-state index in [4.69, 9.17) is 9.47 Å². The standard InChI is InChI=1S/C23H32N4O2/c1-28-20-12-11-19(17-21(20)29-16-6-15-27-13-2-3-14-27)25-23-10-5-9-22(26-23)24-18-7-4-8-18/h5,9-12,17-18H,2-4,6-8,13-16H2,1H3,(H2,24,25,26). The van der Waals surface area contributed by atoms with Crippen LogP contribution < -0.4 is 20.1 Å². The largest absolute Gasteiger partial charge is 0.493 e. The van der Waals surface area contributed by atoms with Gasteiger partial charge < -0.3 is 25.0 Å². The van der Waals surface area contributed by atoms with Crippen LogP contribution in [0.5, 0.6) is 11.5 Å². The van der Waals surface area contributed by atoms with Crippen molar-refractivity contribution in [3.8, 4) is 11.5 Å². The fourth-order valence-corrected chi connectivity index (χ4v) is 3.84. The molecule has 1 aromatic carbocycles. The lowest BCUT2D eigenvalue weighted by Crippen LogP contribution is -2.27. The summed E-state index contributed by atoms with van der Waals surface area (Å²) >= 11 is 0. The molecular weight excluding hydrogens is 364 g/mol. The molecule has 1 saturated heterocycles. The molecule has 6 nitrogen and oxygen atoms in total. The zero-order chi connectivity index (χ0) is 19.9. The quantitative estimate of drug-likeness (QED) is 0.570. The normalized spacial score (nSPS) is 17.0. The lowest BCUT2D eigenvalue weighted by atomic mass is 9.93. The van der Waals surface area contributed by atoms with E-state index in [0.29, 0.717) is 12.6 Å². The fraction of sp³-hybridized carbons (Fsp3) is 0.522. The molecule has 2 fully saturated rings. The van der Waals surface area contributed by atoms with Crippen molar-refractivity contribution >= 4 is 17.3 Å². The predicted molar refractivity (Wildman–Crippen MR) is 118 cm³/mol. The van der Waals surface area contributed by atoms with E-state index in [1.165, 1.54) is 45.2 Å². The summed E-state index contributed by atoms with van der Waals surface area (Å²) < 4.78 is 11.5. The van der Waals surface area contributed by atoms with Gasteiger partial charge in [0.25, 0.3) is 0 Å².